The second kappa shape index (κ2) is 6.13. The number of ether oxygens (including phenoxy) is 1. The number of halogens is 1. The summed E-state index contributed by atoms with van der Waals surface area (Å²) in [6.45, 7) is 3.19. The lowest BCUT2D eigenvalue weighted by Gasteiger charge is -2.45. The molecule has 1 aromatic rings. The summed E-state index contributed by atoms with van der Waals surface area (Å²) in [7, 11) is 0. The van der Waals surface area contributed by atoms with E-state index in [1.807, 2.05) is 0 Å². The van der Waals surface area contributed by atoms with E-state index in [0.29, 0.717) is 13.2 Å². The standard InChI is InChI=1S/C13H17ClN4O3/c14-12-15-5-9(6-16-12)7-17-2-1-10-11(8-17)21-4-3-18(10)13(19)20/h5-6,10-11H,1-4,7-8H2,(H,19,20)/t10-,11-/m1/s1. The van der Waals surface area contributed by atoms with Crippen molar-refractivity contribution in [2.75, 3.05) is 26.2 Å². The molecule has 8 heteroatoms. The van der Waals surface area contributed by atoms with E-state index in [4.69, 9.17) is 16.3 Å². The first-order chi connectivity index (χ1) is 10.1. The van der Waals surface area contributed by atoms with E-state index in [9.17, 15) is 9.90 Å². The predicted molar refractivity (Wildman–Crippen MR) is 75.2 cm³/mol. The van der Waals surface area contributed by atoms with Crippen molar-refractivity contribution < 1.29 is 14.6 Å². The number of carbonyl (C=O) groups is 1. The van der Waals surface area contributed by atoms with Crippen molar-refractivity contribution in [3.8, 4) is 0 Å². The molecule has 3 rings (SSSR count). The van der Waals surface area contributed by atoms with Gasteiger partial charge in [0.2, 0.25) is 5.28 Å². The normalized spacial score (nSPS) is 26.4. The molecule has 2 atom stereocenters. The summed E-state index contributed by atoms with van der Waals surface area (Å²) in [5.41, 5.74) is 0.990. The van der Waals surface area contributed by atoms with E-state index < -0.39 is 6.09 Å². The van der Waals surface area contributed by atoms with Crippen LogP contribution in [-0.4, -0.2) is 69.4 Å². The van der Waals surface area contributed by atoms with Gasteiger partial charge in [0.05, 0.1) is 18.8 Å². The monoisotopic (exact) mass is 312 g/mol. The molecule has 1 N–H and O–H groups in total. The summed E-state index contributed by atoms with van der Waals surface area (Å²) in [5.74, 6) is 0. The van der Waals surface area contributed by atoms with Gasteiger partial charge in [0.1, 0.15) is 0 Å². The summed E-state index contributed by atoms with van der Waals surface area (Å²) in [6, 6.07) is -0.0334. The molecule has 0 unspecified atom stereocenters. The Morgan fingerprint density at radius 1 is 1.43 bits per heavy atom. The second-order valence-corrected chi connectivity index (χ2v) is 5.67. The molecule has 2 aliphatic heterocycles. The zero-order valence-electron chi connectivity index (χ0n) is 11.5. The zero-order chi connectivity index (χ0) is 14.8. The Hall–Kier alpha value is -1.44. The number of carboxylic acid groups (broad SMARTS) is 1. The number of morpholine rings is 1. The molecule has 21 heavy (non-hydrogen) atoms. The van der Waals surface area contributed by atoms with E-state index in [0.717, 1.165) is 31.6 Å². The van der Waals surface area contributed by atoms with Crippen LogP contribution in [0.3, 0.4) is 0 Å². The van der Waals surface area contributed by atoms with E-state index in [1.165, 1.54) is 4.90 Å². The summed E-state index contributed by atoms with van der Waals surface area (Å²) < 4.78 is 5.75. The molecule has 2 aliphatic rings. The first-order valence-electron chi connectivity index (χ1n) is 6.93. The molecule has 0 bridgehead atoms. The van der Waals surface area contributed by atoms with Gasteiger partial charge in [-0.2, -0.15) is 0 Å². The van der Waals surface area contributed by atoms with Gasteiger partial charge in [0, 0.05) is 44.1 Å². The van der Waals surface area contributed by atoms with Crippen LogP contribution in [-0.2, 0) is 11.3 Å². The molecular formula is C13H17ClN4O3. The van der Waals surface area contributed by atoms with Crippen LogP contribution < -0.4 is 0 Å². The number of aromatic nitrogens is 2. The lowest BCUT2D eigenvalue weighted by Crippen LogP contribution is -2.60. The third-order valence-corrected chi connectivity index (χ3v) is 4.19. The van der Waals surface area contributed by atoms with Crippen molar-refractivity contribution in [3.63, 3.8) is 0 Å². The molecule has 114 valence electrons. The molecule has 2 fully saturated rings. The largest absolute Gasteiger partial charge is 0.465 e. The number of hydrogen-bond donors (Lipinski definition) is 1. The van der Waals surface area contributed by atoms with E-state index >= 15 is 0 Å². The molecular weight excluding hydrogens is 296 g/mol. The van der Waals surface area contributed by atoms with Gasteiger partial charge >= 0.3 is 6.09 Å². The van der Waals surface area contributed by atoms with Crippen molar-refractivity contribution in [2.45, 2.75) is 25.1 Å². The fraction of sp³-hybridized carbons (Fsp3) is 0.615. The Labute approximate surface area is 127 Å². The first kappa shape index (κ1) is 14.5. The van der Waals surface area contributed by atoms with Gasteiger partial charge < -0.3 is 14.7 Å². The summed E-state index contributed by atoms with van der Waals surface area (Å²) >= 11 is 5.67. The smallest absolute Gasteiger partial charge is 0.407 e. The summed E-state index contributed by atoms with van der Waals surface area (Å²) in [4.78, 5) is 22.9. The molecule has 0 aliphatic carbocycles. The fourth-order valence-corrected chi connectivity index (χ4v) is 3.11. The molecule has 0 aromatic carbocycles. The minimum Gasteiger partial charge on any atom is -0.465 e. The van der Waals surface area contributed by atoms with E-state index in [2.05, 4.69) is 14.9 Å². The van der Waals surface area contributed by atoms with Gasteiger partial charge in [-0.15, -0.1) is 0 Å². The molecule has 7 nitrogen and oxygen atoms in total. The van der Waals surface area contributed by atoms with Gasteiger partial charge in [-0.05, 0) is 18.0 Å². The number of hydrogen-bond acceptors (Lipinski definition) is 5. The van der Waals surface area contributed by atoms with Crippen LogP contribution in [0.25, 0.3) is 0 Å². The maximum atomic E-state index is 11.2. The number of amides is 1. The molecule has 1 aromatic heterocycles. The average molecular weight is 313 g/mol. The lowest BCUT2D eigenvalue weighted by atomic mass is 9.98. The molecule has 1 amide bonds. The van der Waals surface area contributed by atoms with Crippen LogP contribution in [0.1, 0.15) is 12.0 Å². The third-order valence-electron chi connectivity index (χ3n) is 4.00. The van der Waals surface area contributed by atoms with Gasteiger partial charge in [0.25, 0.3) is 0 Å². The third kappa shape index (κ3) is 3.25. The van der Waals surface area contributed by atoms with Gasteiger partial charge in [-0.25, -0.2) is 14.8 Å². The van der Waals surface area contributed by atoms with Gasteiger partial charge in [-0.1, -0.05) is 0 Å². The van der Waals surface area contributed by atoms with Crippen molar-refractivity contribution in [1.29, 1.82) is 0 Å². The van der Waals surface area contributed by atoms with Gasteiger partial charge in [0.15, 0.2) is 0 Å². The Morgan fingerprint density at radius 2 is 2.19 bits per heavy atom. The fourth-order valence-electron chi connectivity index (χ4n) is 3.02. The molecule has 0 radical (unpaired) electrons. The van der Waals surface area contributed by atoms with Crippen LogP contribution in [0.4, 0.5) is 4.79 Å². The van der Waals surface area contributed by atoms with Crippen LogP contribution in [0, 0.1) is 0 Å². The first-order valence-corrected chi connectivity index (χ1v) is 7.31. The van der Waals surface area contributed by atoms with Crippen molar-refractivity contribution in [3.05, 3.63) is 23.2 Å². The average Bonchev–Trinajstić information content (AvgIpc) is 2.48. The van der Waals surface area contributed by atoms with E-state index in [-0.39, 0.29) is 17.4 Å². The second-order valence-electron chi connectivity index (χ2n) is 5.34. The number of likely N-dealkylation sites (tertiary alicyclic amines) is 1. The Bertz CT molecular complexity index is 513. The highest BCUT2D eigenvalue weighted by Crippen LogP contribution is 2.24. The van der Waals surface area contributed by atoms with Gasteiger partial charge in [-0.3, -0.25) is 4.90 Å². The summed E-state index contributed by atoms with van der Waals surface area (Å²) in [5, 5.41) is 9.47. The number of rotatable bonds is 2. The number of nitrogens with zero attached hydrogens (tertiary/aromatic N) is 4. The SMILES string of the molecule is O=C(O)N1CCO[C@@H]2CN(Cc3cnc(Cl)nc3)CC[C@H]21. The lowest BCUT2D eigenvalue weighted by molar-refractivity contribution is -0.0957. The van der Waals surface area contributed by atoms with Crippen LogP contribution in [0.2, 0.25) is 5.28 Å². The molecule has 0 spiro atoms. The van der Waals surface area contributed by atoms with Crippen LogP contribution >= 0.6 is 11.6 Å². The molecule has 0 saturated carbocycles. The highest BCUT2D eigenvalue weighted by molar-refractivity contribution is 6.28. The minimum absolute atomic E-state index is 0.0334. The van der Waals surface area contributed by atoms with Crippen molar-refractivity contribution in [1.82, 2.24) is 19.8 Å². The van der Waals surface area contributed by atoms with E-state index in [1.54, 1.807) is 12.4 Å². The highest BCUT2D eigenvalue weighted by atomic mass is 35.5. The summed E-state index contributed by atoms with van der Waals surface area (Å²) in [6.07, 6.45) is 3.30. The number of piperidine rings is 1. The predicted octanol–water partition coefficient (Wildman–Crippen LogP) is 1.08. The Morgan fingerprint density at radius 3 is 2.90 bits per heavy atom. The maximum Gasteiger partial charge on any atom is 0.407 e. The zero-order valence-corrected chi connectivity index (χ0v) is 12.2. The molecule has 3 heterocycles. The minimum atomic E-state index is -0.854. The highest BCUT2D eigenvalue weighted by Gasteiger charge is 2.39. The Balaban J connectivity index is 1.62. The van der Waals surface area contributed by atoms with Crippen LogP contribution in [0.5, 0.6) is 0 Å². The van der Waals surface area contributed by atoms with Crippen LogP contribution in [0.15, 0.2) is 12.4 Å². The topological polar surface area (TPSA) is 78.8 Å². The Kier molecular flexibility index (Phi) is 4.23. The van der Waals surface area contributed by atoms with Crippen molar-refractivity contribution >= 4 is 17.7 Å². The van der Waals surface area contributed by atoms with Crippen molar-refractivity contribution in [2.24, 2.45) is 0 Å². The quantitative estimate of drug-likeness (QED) is 0.823. The number of fused-ring (bicyclic) bond motifs is 1. The molecule has 2 saturated heterocycles. The maximum absolute atomic E-state index is 11.2.